The zero-order valence-corrected chi connectivity index (χ0v) is 18.0. The number of halogens is 1. The number of esters is 1. The highest BCUT2D eigenvalue weighted by Gasteiger charge is 2.21. The fraction of sp³-hybridized carbons (Fsp3) is 0.556. The molecule has 0 heterocycles. The normalized spacial score (nSPS) is 11.9. The summed E-state index contributed by atoms with van der Waals surface area (Å²) in [6.07, 6.45) is 0.600. The van der Waals surface area contributed by atoms with Gasteiger partial charge in [-0.05, 0) is 44.9 Å². The summed E-state index contributed by atoms with van der Waals surface area (Å²) < 4.78 is 30.4. The van der Waals surface area contributed by atoms with E-state index in [0.29, 0.717) is 18.5 Å². The van der Waals surface area contributed by atoms with Crippen LogP contribution in [0.2, 0.25) is 0 Å². The molecule has 0 aliphatic heterocycles. The Bertz CT molecular complexity index is 740. The number of carbonyl (C=O) groups excluding carboxylic acids is 2. The van der Waals surface area contributed by atoms with Gasteiger partial charge in [0.25, 0.3) is 0 Å². The van der Waals surface area contributed by atoms with Crippen LogP contribution in [0.15, 0.2) is 28.7 Å². The Morgan fingerprint density at radius 1 is 1.23 bits per heavy atom. The number of hydrogen-bond donors (Lipinski definition) is 0. The molecular weight excluding hydrogens is 422 g/mol. The highest BCUT2D eigenvalue weighted by atomic mass is 79.9. The monoisotopic (exact) mass is 447 g/mol. The quantitative estimate of drug-likeness (QED) is 0.572. The molecule has 0 aromatic heterocycles. The fourth-order valence-corrected chi connectivity index (χ4v) is 4.04. The number of nitrogens with zero attached hydrogens (tertiary/aromatic N) is 1. The van der Waals surface area contributed by atoms with Gasteiger partial charge in [0.2, 0.25) is 5.91 Å². The zero-order chi connectivity index (χ0) is 20.0. The van der Waals surface area contributed by atoms with Crippen LogP contribution in [0.4, 0.5) is 0 Å². The third-order valence-corrected chi connectivity index (χ3v) is 5.29. The van der Waals surface area contributed by atoms with Gasteiger partial charge < -0.3 is 9.64 Å². The number of benzene rings is 1. The van der Waals surface area contributed by atoms with Gasteiger partial charge in [-0.3, -0.25) is 9.59 Å². The van der Waals surface area contributed by atoms with Gasteiger partial charge in [0.05, 0.1) is 5.75 Å². The number of ether oxygens (including phenoxy) is 1. The molecule has 1 amide bonds. The van der Waals surface area contributed by atoms with Gasteiger partial charge in [-0.15, -0.1) is 0 Å². The lowest BCUT2D eigenvalue weighted by Crippen LogP contribution is -2.34. The second-order valence-electron chi connectivity index (χ2n) is 7.17. The largest absolute Gasteiger partial charge is 0.460 e. The Morgan fingerprint density at radius 2 is 1.88 bits per heavy atom. The van der Waals surface area contributed by atoms with Gasteiger partial charge in [0, 0.05) is 24.5 Å². The van der Waals surface area contributed by atoms with E-state index >= 15 is 0 Å². The van der Waals surface area contributed by atoms with Crippen molar-refractivity contribution >= 4 is 37.6 Å². The van der Waals surface area contributed by atoms with Crippen LogP contribution in [-0.4, -0.2) is 50.1 Å². The summed E-state index contributed by atoms with van der Waals surface area (Å²) in [6, 6.07) is 6.98. The molecule has 0 spiro atoms. The topological polar surface area (TPSA) is 80.8 Å². The highest BCUT2D eigenvalue weighted by Crippen LogP contribution is 2.15. The lowest BCUT2D eigenvalue weighted by atomic mass is 10.2. The van der Waals surface area contributed by atoms with Crippen molar-refractivity contribution in [1.82, 2.24) is 4.90 Å². The third kappa shape index (κ3) is 9.33. The average molecular weight is 448 g/mol. The minimum absolute atomic E-state index is 0.180. The maximum Gasteiger partial charge on any atom is 0.306 e. The Labute approximate surface area is 164 Å². The van der Waals surface area contributed by atoms with Gasteiger partial charge >= 0.3 is 5.97 Å². The van der Waals surface area contributed by atoms with E-state index in [1.807, 2.05) is 0 Å². The SMILES string of the molecule is CN(CCCC(=O)OC(C)(C)C)C(=O)CS(=O)(=O)Cc1cccc(Br)c1. The van der Waals surface area contributed by atoms with Crippen molar-refractivity contribution in [3.05, 3.63) is 34.3 Å². The van der Waals surface area contributed by atoms with Gasteiger partial charge in [-0.2, -0.15) is 0 Å². The van der Waals surface area contributed by atoms with Crippen LogP contribution < -0.4 is 0 Å². The average Bonchev–Trinajstić information content (AvgIpc) is 2.43. The molecule has 1 aromatic rings. The first-order valence-electron chi connectivity index (χ1n) is 8.29. The zero-order valence-electron chi connectivity index (χ0n) is 15.6. The molecule has 1 aromatic carbocycles. The van der Waals surface area contributed by atoms with Gasteiger partial charge in [-0.1, -0.05) is 28.1 Å². The predicted octanol–water partition coefficient (Wildman–Crippen LogP) is 2.94. The number of rotatable bonds is 8. The molecule has 6 nitrogen and oxygen atoms in total. The molecule has 0 N–H and O–H groups in total. The van der Waals surface area contributed by atoms with Gasteiger partial charge in [0.15, 0.2) is 9.84 Å². The summed E-state index contributed by atoms with van der Waals surface area (Å²) in [5.41, 5.74) is 0.0824. The summed E-state index contributed by atoms with van der Waals surface area (Å²) >= 11 is 3.29. The number of hydrogen-bond acceptors (Lipinski definition) is 5. The van der Waals surface area contributed by atoms with Crippen molar-refractivity contribution in [2.45, 2.75) is 45.0 Å². The van der Waals surface area contributed by atoms with Crippen molar-refractivity contribution in [3.63, 3.8) is 0 Å². The molecule has 0 unspecified atom stereocenters. The Morgan fingerprint density at radius 3 is 2.46 bits per heavy atom. The van der Waals surface area contributed by atoms with Crippen LogP contribution in [0, 0.1) is 0 Å². The number of carbonyl (C=O) groups is 2. The maximum atomic E-state index is 12.2. The Balaban J connectivity index is 2.46. The van der Waals surface area contributed by atoms with E-state index in [1.165, 1.54) is 11.9 Å². The van der Waals surface area contributed by atoms with E-state index in [-0.39, 0.29) is 18.1 Å². The van der Waals surface area contributed by atoms with Crippen molar-refractivity contribution in [2.24, 2.45) is 0 Å². The maximum absolute atomic E-state index is 12.2. The standard InChI is InChI=1S/C18H26BrNO5S/c1-18(2,3)25-17(22)9-6-10-20(4)16(21)13-26(23,24)12-14-7-5-8-15(19)11-14/h5,7-8,11H,6,9-10,12-13H2,1-4H3. The summed E-state index contributed by atoms with van der Waals surface area (Å²) in [5, 5.41) is 0. The van der Waals surface area contributed by atoms with Crippen LogP contribution in [0.5, 0.6) is 0 Å². The smallest absolute Gasteiger partial charge is 0.306 e. The molecule has 0 bridgehead atoms. The Kier molecular flexibility index (Phi) is 8.27. The van der Waals surface area contributed by atoms with Crippen molar-refractivity contribution in [1.29, 1.82) is 0 Å². The van der Waals surface area contributed by atoms with E-state index in [0.717, 1.165) is 4.47 Å². The molecule has 8 heteroatoms. The minimum Gasteiger partial charge on any atom is -0.460 e. The summed E-state index contributed by atoms with van der Waals surface area (Å²) in [5.74, 6) is -1.56. The summed E-state index contributed by atoms with van der Waals surface area (Å²) in [4.78, 5) is 25.1. The van der Waals surface area contributed by atoms with Crippen LogP contribution in [0.1, 0.15) is 39.2 Å². The first kappa shape index (κ1) is 22.6. The van der Waals surface area contributed by atoms with Gasteiger partial charge in [0.1, 0.15) is 11.4 Å². The predicted molar refractivity (Wildman–Crippen MR) is 104 cm³/mol. The van der Waals surface area contributed by atoms with E-state index in [2.05, 4.69) is 15.9 Å². The molecule has 0 aliphatic rings. The van der Waals surface area contributed by atoms with Crippen LogP contribution in [0.3, 0.4) is 0 Å². The molecule has 0 fully saturated rings. The second-order valence-corrected chi connectivity index (χ2v) is 10.1. The number of amides is 1. The van der Waals surface area contributed by atoms with E-state index in [9.17, 15) is 18.0 Å². The van der Waals surface area contributed by atoms with Crippen molar-refractivity contribution < 1.29 is 22.7 Å². The molecule has 0 saturated heterocycles. The molecule has 0 saturated carbocycles. The third-order valence-electron chi connectivity index (χ3n) is 3.34. The van der Waals surface area contributed by atoms with Crippen molar-refractivity contribution in [3.8, 4) is 0 Å². The first-order chi connectivity index (χ1) is 11.9. The number of sulfone groups is 1. The van der Waals surface area contributed by atoms with Crippen molar-refractivity contribution in [2.75, 3.05) is 19.3 Å². The van der Waals surface area contributed by atoms with Crippen LogP contribution >= 0.6 is 15.9 Å². The second kappa shape index (κ2) is 9.50. The molecule has 1 rings (SSSR count). The van der Waals surface area contributed by atoms with Crippen LogP contribution in [0.25, 0.3) is 0 Å². The highest BCUT2D eigenvalue weighted by molar-refractivity contribution is 9.10. The van der Waals surface area contributed by atoms with E-state index < -0.39 is 27.1 Å². The molecule has 0 atom stereocenters. The molecule has 0 radical (unpaired) electrons. The summed E-state index contributed by atoms with van der Waals surface area (Å²) in [7, 11) is -2.03. The van der Waals surface area contributed by atoms with E-state index in [4.69, 9.17) is 4.74 Å². The fourth-order valence-electron chi connectivity index (χ4n) is 2.21. The molecule has 146 valence electrons. The lowest BCUT2D eigenvalue weighted by molar-refractivity contribution is -0.155. The lowest BCUT2D eigenvalue weighted by Gasteiger charge is -2.20. The molecule has 26 heavy (non-hydrogen) atoms. The molecular formula is C18H26BrNO5S. The Hall–Kier alpha value is -1.41. The van der Waals surface area contributed by atoms with Crippen LogP contribution in [-0.2, 0) is 29.9 Å². The first-order valence-corrected chi connectivity index (χ1v) is 10.9. The molecule has 0 aliphatic carbocycles. The van der Waals surface area contributed by atoms with Gasteiger partial charge in [-0.25, -0.2) is 8.42 Å². The summed E-state index contributed by atoms with van der Waals surface area (Å²) in [6.45, 7) is 5.66. The van der Waals surface area contributed by atoms with E-state index in [1.54, 1.807) is 45.0 Å². The minimum atomic E-state index is -3.56.